The molecule has 2 aliphatic rings. The molecule has 3 N–H and O–H groups in total. The third-order valence-electron chi connectivity index (χ3n) is 6.99. The van der Waals surface area contributed by atoms with Crippen molar-refractivity contribution in [3.8, 4) is 5.75 Å². The minimum Gasteiger partial charge on any atom is -0.405 e. The van der Waals surface area contributed by atoms with Crippen LogP contribution in [0.1, 0.15) is 44.1 Å². The molecule has 13 heteroatoms. The lowest BCUT2D eigenvalue weighted by Crippen LogP contribution is -2.44. The Balaban J connectivity index is 1.34. The van der Waals surface area contributed by atoms with Crippen LogP contribution in [-0.4, -0.2) is 63.0 Å². The van der Waals surface area contributed by atoms with Crippen molar-refractivity contribution >= 4 is 17.5 Å². The van der Waals surface area contributed by atoms with Gasteiger partial charge in [0.2, 0.25) is 11.8 Å². The Bertz CT molecular complexity index is 1060. The van der Waals surface area contributed by atoms with Gasteiger partial charge in [-0.15, -0.1) is 13.2 Å². The number of benzene rings is 1. The zero-order valence-electron chi connectivity index (χ0n) is 20.3. The van der Waals surface area contributed by atoms with Crippen LogP contribution >= 0.6 is 0 Å². The van der Waals surface area contributed by atoms with Crippen molar-refractivity contribution in [3.05, 3.63) is 46.1 Å². The van der Waals surface area contributed by atoms with Crippen LogP contribution in [0.25, 0.3) is 0 Å². The molecule has 4 rings (SSSR count). The van der Waals surface area contributed by atoms with Gasteiger partial charge in [0.05, 0.1) is 11.0 Å². The van der Waals surface area contributed by atoms with E-state index in [2.05, 4.69) is 30.2 Å². The van der Waals surface area contributed by atoms with Crippen molar-refractivity contribution < 1.29 is 27.9 Å². The molecular formula is C24H31F3N6O4. The summed E-state index contributed by atoms with van der Waals surface area (Å²) in [6, 6.07) is 6.20. The molecule has 1 saturated heterocycles. The van der Waals surface area contributed by atoms with E-state index >= 15 is 0 Å². The quantitative estimate of drug-likeness (QED) is 0.325. The van der Waals surface area contributed by atoms with Crippen molar-refractivity contribution in [2.75, 3.05) is 30.3 Å². The fourth-order valence-electron chi connectivity index (χ4n) is 4.98. The number of aliphatic hydroxyl groups is 1. The van der Waals surface area contributed by atoms with Crippen LogP contribution in [0.2, 0.25) is 0 Å². The lowest BCUT2D eigenvalue weighted by Gasteiger charge is -2.40. The maximum atomic E-state index is 12.7. The second-order valence-corrected chi connectivity index (χ2v) is 9.52. The Hall–Kier alpha value is -3.19. The van der Waals surface area contributed by atoms with Crippen LogP contribution < -0.4 is 15.4 Å². The van der Waals surface area contributed by atoms with Gasteiger partial charge in [0.25, 0.3) is 0 Å². The number of nitrogens with zero attached hydrogens (tertiary/aromatic N) is 4. The summed E-state index contributed by atoms with van der Waals surface area (Å²) in [4.78, 5) is 21.6. The van der Waals surface area contributed by atoms with Crippen molar-refractivity contribution in [1.82, 2.24) is 14.9 Å². The third-order valence-corrected chi connectivity index (χ3v) is 6.99. The molecular weight excluding hydrogens is 493 g/mol. The van der Waals surface area contributed by atoms with Gasteiger partial charge in [-0.05, 0) is 50.5 Å². The molecule has 2 aromatic rings. The molecule has 1 aromatic heterocycles. The summed E-state index contributed by atoms with van der Waals surface area (Å²) < 4.78 is 42.1. The van der Waals surface area contributed by atoms with Crippen LogP contribution in [0.4, 0.5) is 30.6 Å². The monoisotopic (exact) mass is 524 g/mol. The number of alkyl halides is 3. The minimum atomic E-state index is -4.83. The first-order chi connectivity index (χ1) is 17.7. The highest BCUT2D eigenvalue weighted by molar-refractivity contribution is 5.57. The minimum absolute atomic E-state index is 0.0471. The fraction of sp³-hybridized carbons (Fsp3) is 0.583. The normalized spacial score (nSPS) is 21.4. The van der Waals surface area contributed by atoms with E-state index in [9.17, 15) is 28.4 Å². The number of aromatic nitrogens is 2. The van der Waals surface area contributed by atoms with Crippen molar-refractivity contribution in [1.29, 1.82) is 0 Å². The topological polar surface area (TPSA) is 126 Å². The highest BCUT2D eigenvalue weighted by Crippen LogP contribution is 2.31. The first-order valence-electron chi connectivity index (χ1n) is 12.4. The molecule has 0 atom stereocenters. The molecule has 37 heavy (non-hydrogen) atoms. The molecule has 0 radical (unpaired) electrons. The molecule has 1 aliphatic carbocycles. The number of likely N-dealkylation sites (tertiary alicyclic amines) is 1. The van der Waals surface area contributed by atoms with Gasteiger partial charge in [0.15, 0.2) is 0 Å². The molecule has 0 bridgehead atoms. The summed E-state index contributed by atoms with van der Waals surface area (Å²) in [6.45, 7) is 2.29. The maximum absolute atomic E-state index is 12.7. The molecule has 2 fully saturated rings. The molecule has 0 amide bonds. The molecule has 1 saturated carbocycles. The molecule has 0 unspecified atom stereocenters. The summed E-state index contributed by atoms with van der Waals surface area (Å²) in [6.07, 6.45) is 1.74. The van der Waals surface area contributed by atoms with Crippen molar-refractivity contribution in [3.63, 3.8) is 0 Å². The Labute approximate surface area is 212 Å². The largest absolute Gasteiger partial charge is 0.573 e. The Morgan fingerprint density at radius 2 is 1.81 bits per heavy atom. The van der Waals surface area contributed by atoms with Crippen LogP contribution in [0.15, 0.2) is 30.5 Å². The predicted octanol–water partition coefficient (Wildman–Crippen LogP) is 4.32. The summed E-state index contributed by atoms with van der Waals surface area (Å²) in [5.74, 6) is 0.100. The van der Waals surface area contributed by atoms with Crippen LogP contribution in [0.3, 0.4) is 0 Å². The number of aliphatic hydroxyl groups excluding tert-OH is 1. The molecule has 2 heterocycles. The Kier molecular flexibility index (Phi) is 8.64. The van der Waals surface area contributed by atoms with Gasteiger partial charge in [-0.1, -0.05) is 18.2 Å². The number of piperidine rings is 1. The van der Waals surface area contributed by atoms with Gasteiger partial charge in [0, 0.05) is 37.8 Å². The Morgan fingerprint density at radius 1 is 1.11 bits per heavy atom. The zero-order chi connectivity index (χ0) is 26.4. The average molecular weight is 525 g/mol. The van der Waals surface area contributed by atoms with Gasteiger partial charge in [0.1, 0.15) is 11.9 Å². The summed E-state index contributed by atoms with van der Waals surface area (Å²) in [5.41, 5.74) is -0.0387. The molecule has 1 aromatic carbocycles. The number of hydrogen-bond donors (Lipinski definition) is 3. The average Bonchev–Trinajstić information content (AvgIpc) is 2.87. The van der Waals surface area contributed by atoms with Gasteiger partial charge >= 0.3 is 12.0 Å². The first-order valence-corrected chi connectivity index (χ1v) is 12.4. The lowest BCUT2D eigenvalue weighted by atomic mass is 9.84. The maximum Gasteiger partial charge on any atom is 0.573 e. The van der Waals surface area contributed by atoms with Gasteiger partial charge in [-0.2, -0.15) is 4.98 Å². The van der Waals surface area contributed by atoms with Crippen molar-refractivity contribution in [2.45, 2.75) is 63.6 Å². The number of nitrogens with one attached hydrogen (secondary N) is 2. The number of ether oxygens (including phenoxy) is 1. The van der Waals surface area contributed by atoms with E-state index in [4.69, 9.17) is 0 Å². The van der Waals surface area contributed by atoms with Crippen LogP contribution in [-0.2, 0) is 6.54 Å². The SMILES string of the molecule is O=[N+]([O-])c1cnc(NCc2ccccc2OC(F)(F)F)nc1NC[C@H]1CC[C@H](N2CCC(O)CC2)CC1. The summed E-state index contributed by atoms with van der Waals surface area (Å²) >= 11 is 0. The van der Waals surface area contributed by atoms with Gasteiger partial charge < -0.3 is 25.4 Å². The third kappa shape index (κ3) is 7.65. The molecule has 202 valence electrons. The van der Waals surface area contributed by atoms with Gasteiger partial charge in [-0.25, -0.2) is 4.98 Å². The summed E-state index contributed by atoms with van der Waals surface area (Å²) in [7, 11) is 0. The predicted molar refractivity (Wildman–Crippen MR) is 130 cm³/mol. The van der Waals surface area contributed by atoms with E-state index in [1.807, 2.05) is 0 Å². The number of halogens is 3. The second kappa shape index (κ2) is 11.9. The van der Waals surface area contributed by atoms with Crippen LogP contribution in [0.5, 0.6) is 5.75 Å². The molecule has 10 nitrogen and oxygen atoms in total. The number of anilines is 2. The first kappa shape index (κ1) is 26.9. The Morgan fingerprint density at radius 3 is 2.49 bits per heavy atom. The van der Waals surface area contributed by atoms with Crippen molar-refractivity contribution in [2.24, 2.45) is 5.92 Å². The van der Waals surface area contributed by atoms with Gasteiger partial charge in [-0.3, -0.25) is 10.1 Å². The summed E-state index contributed by atoms with van der Waals surface area (Å²) in [5, 5.41) is 27.1. The van der Waals surface area contributed by atoms with E-state index < -0.39 is 11.3 Å². The van der Waals surface area contributed by atoms with E-state index in [0.717, 1.165) is 57.8 Å². The molecule has 1 aliphatic heterocycles. The fourth-order valence-corrected chi connectivity index (χ4v) is 4.98. The number of hydrogen-bond acceptors (Lipinski definition) is 9. The lowest BCUT2D eigenvalue weighted by molar-refractivity contribution is -0.384. The number of para-hydroxylation sites is 1. The smallest absolute Gasteiger partial charge is 0.405 e. The van der Waals surface area contributed by atoms with E-state index in [1.165, 1.54) is 18.2 Å². The standard InChI is InChI=1S/C24H31F3N6O4/c25-24(26,27)37-21-4-2-1-3-17(21)14-29-23-30-15-20(33(35)36)22(31-23)28-13-16-5-7-18(8-6-16)32-11-9-19(34)10-12-32/h1-4,15-16,18-19,34H,5-14H2,(H2,28,29,30,31)/t16-,18-. The van der Waals surface area contributed by atoms with E-state index in [0.29, 0.717) is 18.5 Å². The highest BCUT2D eigenvalue weighted by atomic mass is 19.4. The van der Waals surface area contributed by atoms with E-state index in [1.54, 1.807) is 6.07 Å². The van der Waals surface area contributed by atoms with Crippen LogP contribution in [0, 0.1) is 16.0 Å². The number of nitro groups is 1. The number of rotatable bonds is 9. The van der Waals surface area contributed by atoms with E-state index in [-0.39, 0.29) is 41.4 Å². The highest BCUT2D eigenvalue weighted by Gasteiger charge is 2.32. The molecule has 0 spiro atoms. The zero-order valence-corrected chi connectivity index (χ0v) is 20.3. The second-order valence-electron chi connectivity index (χ2n) is 9.52.